The van der Waals surface area contributed by atoms with Crippen molar-refractivity contribution in [3.8, 4) is 0 Å². The van der Waals surface area contributed by atoms with Gasteiger partial charge in [-0.1, -0.05) is 47.1 Å². The molecule has 0 unspecified atom stereocenters. The van der Waals surface area contributed by atoms with Crippen LogP contribution in [0.2, 0.25) is 10.0 Å². The van der Waals surface area contributed by atoms with Gasteiger partial charge < -0.3 is 5.32 Å². The number of nitrogens with zero attached hydrogens (tertiary/aromatic N) is 2. The maximum absolute atomic E-state index is 13.2. The van der Waals surface area contributed by atoms with E-state index < -0.39 is 11.1 Å². The summed E-state index contributed by atoms with van der Waals surface area (Å²) in [5, 5.41) is 3.63. The molecular weight excluding hydrogens is 484 g/mol. The summed E-state index contributed by atoms with van der Waals surface area (Å²) >= 11 is 13.2. The molecule has 1 heterocycles. The molecule has 1 aliphatic heterocycles. The topological polar surface area (TPSA) is 61.8 Å². The monoisotopic (exact) mass is 501 g/mol. The van der Waals surface area contributed by atoms with E-state index >= 15 is 0 Å². The Hall–Kier alpha value is -2.87. The highest BCUT2D eigenvalue weighted by Crippen LogP contribution is 2.31. The Morgan fingerprint density at radius 3 is 2.24 bits per heavy atom. The quantitative estimate of drug-likeness (QED) is 0.446. The number of rotatable bonds is 5. The highest BCUT2D eigenvalue weighted by atomic mass is 35.5. The van der Waals surface area contributed by atoms with Gasteiger partial charge in [0.1, 0.15) is 11.1 Å². The second kappa shape index (κ2) is 10.4. The first-order chi connectivity index (χ1) is 15.9. The molecule has 3 aromatic carbocycles. The van der Waals surface area contributed by atoms with Crippen molar-refractivity contribution < 1.29 is 14.0 Å². The van der Waals surface area contributed by atoms with E-state index in [0.717, 1.165) is 5.56 Å². The molecule has 0 radical (unpaired) electrons. The zero-order chi connectivity index (χ0) is 23.4. The number of halogens is 3. The van der Waals surface area contributed by atoms with Gasteiger partial charge in [0.15, 0.2) is 5.17 Å². The average molecular weight is 502 g/mol. The summed E-state index contributed by atoms with van der Waals surface area (Å²) in [7, 11) is 0. The maximum atomic E-state index is 13.2. The van der Waals surface area contributed by atoms with Crippen LogP contribution in [0.1, 0.15) is 12.0 Å². The average Bonchev–Trinajstić information content (AvgIpc) is 2.80. The SMILES string of the molecule is O=C(Nc1ccc(F)cc1)[C@H]1CC(=O)N(Cc2ccc(Cl)cc2)C(=Nc2ccc(Cl)cc2)S1. The fourth-order valence-electron chi connectivity index (χ4n) is 3.15. The molecule has 0 aliphatic carbocycles. The minimum atomic E-state index is -0.685. The van der Waals surface area contributed by atoms with Crippen molar-refractivity contribution in [3.63, 3.8) is 0 Å². The van der Waals surface area contributed by atoms with Crippen LogP contribution in [0.4, 0.5) is 15.8 Å². The third-order valence-corrected chi connectivity index (χ3v) is 6.54. The van der Waals surface area contributed by atoms with E-state index in [1.54, 1.807) is 41.3 Å². The van der Waals surface area contributed by atoms with Crippen LogP contribution in [-0.4, -0.2) is 27.1 Å². The van der Waals surface area contributed by atoms with Crippen molar-refractivity contribution in [2.24, 2.45) is 4.99 Å². The van der Waals surface area contributed by atoms with Crippen molar-refractivity contribution in [1.29, 1.82) is 0 Å². The zero-order valence-corrected chi connectivity index (χ0v) is 19.5. The lowest BCUT2D eigenvalue weighted by atomic mass is 10.2. The molecule has 4 rings (SSSR count). The largest absolute Gasteiger partial charge is 0.325 e. The smallest absolute Gasteiger partial charge is 0.238 e. The van der Waals surface area contributed by atoms with Crippen LogP contribution >= 0.6 is 35.0 Å². The fraction of sp³-hybridized carbons (Fsp3) is 0.125. The number of carbonyl (C=O) groups is 2. The van der Waals surface area contributed by atoms with Crippen LogP contribution in [0, 0.1) is 5.82 Å². The van der Waals surface area contributed by atoms with Crippen molar-refractivity contribution in [1.82, 2.24) is 4.90 Å². The summed E-state index contributed by atoms with van der Waals surface area (Å²) < 4.78 is 13.2. The highest BCUT2D eigenvalue weighted by molar-refractivity contribution is 8.15. The molecule has 168 valence electrons. The Morgan fingerprint density at radius 2 is 1.61 bits per heavy atom. The number of thioether (sulfide) groups is 1. The predicted molar refractivity (Wildman–Crippen MR) is 132 cm³/mol. The first-order valence-corrected chi connectivity index (χ1v) is 11.6. The summed E-state index contributed by atoms with van der Waals surface area (Å²) in [6.07, 6.45) is 0.00488. The molecular formula is C24H18Cl2FN3O2S. The van der Waals surface area contributed by atoms with Crippen molar-refractivity contribution in [2.45, 2.75) is 18.2 Å². The Labute approximate surface area is 204 Å². The van der Waals surface area contributed by atoms with E-state index in [4.69, 9.17) is 23.2 Å². The fourth-order valence-corrected chi connectivity index (χ4v) is 4.50. The van der Waals surface area contributed by atoms with Crippen LogP contribution in [-0.2, 0) is 16.1 Å². The minimum Gasteiger partial charge on any atom is -0.325 e. The van der Waals surface area contributed by atoms with Gasteiger partial charge in [0.05, 0.1) is 12.2 Å². The number of hydrogen-bond acceptors (Lipinski definition) is 4. The standard InChI is InChI=1S/C24H18Cl2FN3O2S/c25-16-3-1-15(2-4-16)14-30-22(31)13-21(23(32)28-19-11-7-18(27)8-12-19)33-24(30)29-20-9-5-17(26)6-10-20/h1-12,21H,13-14H2,(H,28,32)/t21-/m1/s1. The van der Waals surface area contributed by atoms with Gasteiger partial charge in [0, 0.05) is 22.2 Å². The Kier molecular flexibility index (Phi) is 7.33. The van der Waals surface area contributed by atoms with Crippen LogP contribution < -0.4 is 5.32 Å². The number of hydrogen-bond donors (Lipinski definition) is 1. The molecule has 0 saturated carbocycles. The van der Waals surface area contributed by atoms with E-state index in [2.05, 4.69) is 10.3 Å². The molecule has 0 spiro atoms. The van der Waals surface area contributed by atoms with Crippen molar-refractivity contribution >= 4 is 63.3 Å². The first kappa shape index (κ1) is 23.3. The number of amides is 2. The van der Waals surface area contributed by atoms with Gasteiger partial charge >= 0.3 is 0 Å². The lowest BCUT2D eigenvalue weighted by molar-refractivity contribution is -0.129. The summed E-state index contributed by atoms with van der Waals surface area (Å²) in [6, 6.07) is 19.5. The molecule has 1 saturated heterocycles. The summed E-state index contributed by atoms with van der Waals surface area (Å²) in [6.45, 7) is 0.293. The number of nitrogens with one attached hydrogen (secondary N) is 1. The van der Waals surface area contributed by atoms with Crippen LogP contribution in [0.3, 0.4) is 0 Å². The Bertz CT molecular complexity index is 1190. The Balaban J connectivity index is 1.59. The molecule has 1 aliphatic rings. The highest BCUT2D eigenvalue weighted by Gasteiger charge is 2.36. The Morgan fingerprint density at radius 1 is 1.00 bits per heavy atom. The molecule has 3 aromatic rings. The lowest BCUT2D eigenvalue weighted by Crippen LogP contribution is -2.44. The van der Waals surface area contributed by atoms with E-state index in [1.165, 1.54) is 36.0 Å². The van der Waals surface area contributed by atoms with Gasteiger partial charge in [0.2, 0.25) is 11.8 Å². The van der Waals surface area contributed by atoms with Crippen LogP contribution in [0.15, 0.2) is 77.8 Å². The molecule has 1 fully saturated rings. The molecule has 9 heteroatoms. The molecule has 0 bridgehead atoms. The summed E-state index contributed by atoms with van der Waals surface area (Å²) in [5.74, 6) is -0.976. The molecule has 0 aromatic heterocycles. The van der Waals surface area contributed by atoms with Gasteiger partial charge in [-0.15, -0.1) is 0 Å². The first-order valence-electron chi connectivity index (χ1n) is 9.99. The third-order valence-electron chi connectivity index (χ3n) is 4.85. The number of amidine groups is 1. The van der Waals surface area contributed by atoms with Gasteiger partial charge in [-0.2, -0.15) is 0 Å². The van der Waals surface area contributed by atoms with Crippen LogP contribution in [0.5, 0.6) is 0 Å². The van der Waals surface area contributed by atoms with E-state index in [9.17, 15) is 14.0 Å². The molecule has 2 amide bonds. The van der Waals surface area contributed by atoms with Crippen molar-refractivity contribution in [3.05, 3.63) is 94.2 Å². The number of aliphatic imine (C=N–C) groups is 1. The third kappa shape index (κ3) is 6.13. The molecule has 1 N–H and O–H groups in total. The maximum Gasteiger partial charge on any atom is 0.238 e. The van der Waals surface area contributed by atoms with Gasteiger partial charge in [-0.3, -0.25) is 14.5 Å². The van der Waals surface area contributed by atoms with Gasteiger partial charge in [0.25, 0.3) is 0 Å². The second-order valence-electron chi connectivity index (χ2n) is 7.28. The van der Waals surface area contributed by atoms with Crippen LogP contribution in [0.25, 0.3) is 0 Å². The number of anilines is 1. The van der Waals surface area contributed by atoms with Gasteiger partial charge in [-0.25, -0.2) is 9.38 Å². The van der Waals surface area contributed by atoms with E-state index in [-0.39, 0.29) is 18.2 Å². The predicted octanol–water partition coefficient (Wildman–Crippen LogP) is 6.29. The number of carbonyl (C=O) groups excluding carboxylic acids is 2. The normalized spacial score (nSPS) is 17.3. The van der Waals surface area contributed by atoms with E-state index in [1.807, 2.05) is 12.1 Å². The van der Waals surface area contributed by atoms with Crippen molar-refractivity contribution in [2.75, 3.05) is 5.32 Å². The summed E-state index contributed by atoms with van der Waals surface area (Å²) in [4.78, 5) is 32.1. The summed E-state index contributed by atoms with van der Waals surface area (Å²) in [5.41, 5.74) is 1.94. The van der Waals surface area contributed by atoms with Gasteiger partial charge in [-0.05, 0) is 66.2 Å². The second-order valence-corrected chi connectivity index (χ2v) is 9.33. The lowest BCUT2D eigenvalue weighted by Gasteiger charge is -2.32. The minimum absolute atomic E-state index is 0.00488. The number of benzene rings is 3. The van der Waals surface area contributed by atoms with E-state index in [0.29, 0.717) is 33.1 Å². The molecule has 1 atom stereocenters. The molecule has 33 heavy (non-hydrogen) atoms. The molecule has 5 nitrogen and oxygen atoms in total. The zero-order valence-electron chi connectivity index (χ0n) is 17.2.